The predicted octanol–water partition coefficient (Wildman–Crippen LogP) is 2.52. The first-order valence-corrected chi connectivity index (χ1v) is 8.22. The normalized spacial score (nSPS) is 11.2. The van der Waals surface area contributed by atoms with Gasteiger partial charge >= 0.3 is 5.76 Å². The first-order chi connectivity index (χ1) is 11.7. The predicted molar refractivity (Wildman–Crippen MR) is 91.9 cm³/mol. The highest BCUT2D eigenvalue weighted by atomic mass is 32.1. The van der Waals surface area contributed by atoms with Gasteiger partial charge in [0, 0.05) is 0 Å². The van der Waals surface area contributed by atoms with Crippen molar-refractivity contribution in [3.63, 3.8) is 0 Å². The lowest BCUT2D eigenvalue weighted by molar-refractivity contribution is -0.121. The van der Waals surface area contributed by atoms with Crippen molar-refractivity contribution in [1.29, 1.82) is 0 Å². The second-order valence-electron chi connectivity index (χ2n) is 5.27. The van der Waals surface area contributed by atoms with E-state index >= 15 is 0 Å². The summed E-state index contributed by atoms with van der Waals surface area (Å²) < 4.78 is 7.52. The fourth-order valence-electron chi connectivity index (χ4n) is 2.53. The molecule has 0 spiro atoms. The quantitative estimate of drug-likeness (QED) is 0.620. The van der Waals surface area contributed by atoms with Crippen LogP contribution in [0.3, 0.4) is 0 Å². The van der Waals surface area contributed by atoms with E-state index in [4.69, 9.17) is 4.42 Å². The van der Waals surface area contributed by atoms with Crippen LogP contribution < -0.4 is 11.1 Å². The van der Waals surface area contributed by atoms with Gasteiger partial charge in [-0.05, 0) is 24.3 Å². The third-order valence-corrected chi connectivity index (χ3v) is 4.69. The highest BCUT2D eigenvalue weighted by Gasteiger charge is 2.12. The third-order valence-electron chi connectivity index (χ3n) is 3.65. The Bertz CT molecular complexity index is 1060. The maximum atomic E-state index is 12.2. The molecule has 1 amide bonds. The van der Waals surface area contributed by atoms with Crippen molar-refractivity contribution in [2.75, 3.05) is 0 Å². The van der Waals surface area contributed by atoms with E-state index in [1.807, 2.05) is 24.3 Å². The van der Waals surface area contributed by atoms with Gasteiger partial charge in [-0.3, -0.25) is 9.36 Å². The molecular weight excluding hydrogens is 326 g/mol. The Morgan fingerprint density at radius 3 is 2.83 bits per heavy atom. The molecule has 2 aromatic carbocycles. The van der Waals surface area contributed by atoms with Gasteiger partial charge in [-0.2, -0.15) is 0 Å². The van der Waals surface area contributed by atoms with Gasteiger partial charge in [0.15, 0.2) is 5.58 Å². The molecule has 0 bridgehead atoms. The number of oxazole rings is 1. The second-order valence-corrected chi connectivity index (χ2v) is 6.39. The molecule has 2 heterocycles. The molecule has 24 heavy (non-hydrogen) atoms. The minimum atomic E-state index is -0.536. The smallest absolute Gasteiger partial charge is 0.408 e. The van der Waals surface area contributed by atoms with Crippen LogP contribution in [0.2, 0.25) is 0 Å². The Morgan fingerprint density at radius 1 is 1.17 bits per heavy atom. The number of carbonyl (C=O) groups is 1. The number of nitrogens with zero attached hydrogens (tertiary/aromatic N) is 2. The first-order valence-electron chi connectivity index (χ1n) is 7.40. The summed E-state index contributed by atoms with van der Waals surface area (Å²) in [4.78, 5) is 28.5. The van der Waals surface area contributed by atoms with Crippen LogP contribution in [0.1, 0.15) is 5.01 Å². The summed E-state index contributed by atoms with van der Waals surface area (Å²) in [5.41, 5.74) is 2.00. The lowest BCUT2D eigenvalue weighted by atomic mass is 10.3. The summed E-state index contributed by atoms with van der Waals surface area (Å²) in [6.07, 6.45) is 0. The van der Waals surface area contributed by atoms with E-state index < -0.39 is 5.76 Å². The number of benzene rings is 2. The van der Waals surface area contributed by atoms with Gasteiger partial charge in [-0.15, -0.1) is 11.3 Å². The molecule has 6 nitrogen and oxygen atoms in total. The second kappa shape index (κ2) is 5.93. The summed E-state index contributed by atoms with van der Waals surface area (Å²) in [7, 11) is 0. The van der Waals surface area contributed by atoms with E-state index in [-0.39, 0.29) is 12.5 Å². The van der Waals surface area contributed by atoms with E-state index in [1.165, 1.54) is 4.57 Å². The molecular formula is C17H13N3O3S. The molecule has 0 aliphatic carbocycles. The van der Waals surface area contributed by atoms with Crippen LogP contribution in [0, 0.1) is 0 Å². The fourth-order valence-corrected chi connectivity index (χ4v) is 3.44. The standard InChI is InChI=1S/C17H13N3O3S/c21-15(10-20-12-6-2-3-7-13(12)23-17(20)22)18-9-16-19-11-5-1-4-8-14(11)24-16/h1-8H,9-10H2,(H,18,21). The maximum absolute atomic E-state index is 12.2. The zero-order valence-corrected chi connectivity index (χ0v) is 13.4. The molecule has 0 saturated carbocycles. The van der Waals surface area contributed by atoms with Gasteiger partial charge in [0.1, 0.15) is 11.6 Å². The molecule has 0 aliphatic rings. The Hall–Kier alpha value is -2.93. The minimum absolute atomic E-state index is 0.0826. The van der Waals surface area contributed by atoms with Crippen molar-refractivity contribution in [3.05, 3.63) is 64.1 Å². The summed E-state index contributed by atoms with van der Waals surface area (Å²) in [5, 5.41) is 3.63. The van der Waals surface area contributed by atoms with Gasteiger partial charge in [-0.25, -0.2) is 9.78 Å². The monoisotopic (exact) mass is 339 g/mol. The van der Waals surface area contributed by atoms with E-state index in [9.17, 15) is 9.59 Å². The number of rotatable bonds is 4. The number of thiazole rings is 1. The van der Waals surface area contributed by atoms with Gasteiger partial charge in [0.05, 0.1) is 22.3 Å². The number of amides is 1. The zero-order valence-electron chi connectivity index (χ0n) is 12.6. The Kier molecular flexibility index (Phi) is 3.62. The Labute approximate surface area is 140 Å². The van der Waals surface area contributed by atoms with Crippen LogP contribution in [0.25, 0.3) is 21.3 Å². The molecule has 0 fully saturated rings. The highest BCUT2D eigenvalue weighted by molar-refractivity contribution is 7.18. The van der Waals surface area contributed by atoms with Crippen LogP contribution in [0.4, 0.5) is 0 Å². The number of fused-ring (bicyclic) bond motifs is 2. The fraction of sp³-hybridized carbons (Fsp3) is 0.118. The maximum Gasteiger partial charge on any atom is 0.420 e. The number of para-hydroxylation sites is 3. The van der Waals surface area contributed by atoms with E-state index in [0.717, 1.165) is 15.2 Å². The van der Waals surface area contributed by atoms with Crippen LogP contribution in [0.15, 0.2) is 57.7 Å². The summed E-state index contributed by atoms with van der Waals surface area (Å²) in [5.74, 6) is -0.797. The molecule has 0 saturated heterocycles. The Balaban J connectivity index is 1.48. The molecule has 0 atom stereocenters. The SMILES string of the molecule is O=C(Cn1c(=O)oc2ccccc21)NCc1nc2ccccc2s1. The van der Waals surface area contributed by atoms with Crippen molar-refractivity contribution >= 4 is 38.6 Å². The third kappa shape index (κ3) is 2.69. The molecule has 4 rings (SSSR count). The van der Waals surface area contributed by atoms with Crippen molar-refractivity contribution in [3.8, 4) is 0 Å². The van der Waals surface area contributed by atoms with E-state index in [0.29, 0.717) is 17.6 Å². The van der Waals surface area contributed by atoms with Crippen molar-refractivity contribution < 1.29 is 9.21 Å². The van der Waals surface area contributed by atoms with Gasteiger partial charge in [0.2, 0.25) is 5.91 Å². The average Bonchev–Trinajstić information content (AvgIpc) is 3.14. The minimum Gasteiger partial charge on any atom is -0.408 e. The van der Waals surface area contributed by atoms with E-state index in [2.05, 4.69) is 10.3 Å². The Morgan fingerprint density at radius 2 is 1.96 bits per heavy atom. The van der Waals surface area contributed by atoms with Crippen molar-refractivity contribution in [1.82, 2.24) is 14.9 Å². The summed E-state index contributed by atoms with van der Waals surface area (Å²) >= 11 is 1.54. The van der Waals surface area contributed by atoms with E-state index in [1.54, 1.807) is 35.6 Å². The van der Waals surface area contributed by atoms with Gasteiger partial charge < -0.3 is 9.73 Å². The van der Waals surface area contributed by atoms with Crippen LogP contribution in [-0.2, 0) is 17.9 Å². The van der Waals surface area contributed by atoms with Crippen LogP contribution in [0.5, 0.6) is 0 Å². The van der Waals surface area contributed by atoms with Gasteiger partial charge in [0.25, 0.3) is 0 Å². The average molecular weight is 339 g/mol. The molecule has 2 aromatic heterocycles. The molecule has 0 aliphatic heterocycles. The van der Waals surface area contributed by atoms with Gasteiger partial charge in [-0.1, -0.05) is 24.3 Å². The van der Waals surface area contributed by atoms with Crippen molar-refractivity contribution in [2.24, 2.45) is 0 Å². The van der Waals surface area contributed by atoms with Crippen molar-refractivity contribution in [2.45, 2.75) is 13.1 Å². The number of nitrogens with one attached hydrogen (secondary N) is 1. The molecule has 0 unspecified atom stereocenters. The summed E-state index contributed by atoms with van der Waals surface area (Å²) in [6, 6.07) is 14.9. The zero-order chi connectivity index (χ0) is 16.5. The number of hydrogen-bond donors (Lipinski definition) is 1. The molecule has 4 aromatic rings. The number of hydrogen-bond acceptors (Lipinski definition) is 5. The van der Waals surface area contributed by atoms with Crippen LogP contribution >= 0.6 is 11.3 Å². The number of aromatic nitrogens is 2. The van der Waals surface area contributed by atoms with Crippen LogP contribution in [-0.4, -0.2) is 15.5 Å². The molecule has 120 valence electrons. The lowest BCUT2D eigenvalue weighted by Gasteiger charge is -2.03. The molecule has 0 radical (unpaired) electrons. The lowest BCUT2D eigenvalue weighted by Crippen LogP contribution is -2.30. The molecule has 7 heteroatoms. The largest absolute Gasteiger partial charge is 0.420 e. The first kappa shape index (κ1) is 14.6. The highest BCUT2D eigenvalue weighted by Crippen LogP contribution is 2.21. The topological polar surface area (TPSA) is 77.1 Å². The molecule has 1 N–H and O–H groups in total. The summed E-state index contributed by atoms with van der Waals surface area (Å²) in [6.45, 7) is 0.253. The number of carbonyl (C=O) groups excluding carboxylic acids is 1.